The van der Waals surface area contributed by atoms with Crippen molar-refractivity contribution in [1.82, 2.24) is 10.6 Å². The standard InChI is InChI=1S/C11H19N5O6/c12-5(1-2-7(13)17)10(20)15-4-9(19)16-6(11(21)22)3-8(14)18/h5-6H,1-4,12H2,(H2,13,17)(H2,14,18)(H,15,20)(H,16,19)(H,21,22). The summed E-state index contributed by atoms with van der Waals surface area (Å²) in [6, 6.07) is -2.51. The molecule has 0 saturated heterocycles. The molecule has 0 aliphatic carbocycles. The molecule has 4 amide bonds. The smallest absolute Gasteiger partial charge is 0.326 e. The van der Waals surface area contributed by atoms with E-state index in [9.17, 15) is 24.0 Å². The molecule has 0 rings (SSSR count). The largest absolute Gasteiger partial charge is 0.480 e. The fourth-order valence-corrected chi connectivity index (χ4v) is 1.37. The summed E-state index contributed by atoms with van der Waals surface area (Å²) in [6.07, 6.45) is -0.643. The molecule has 9 N–H and O–H groups in total. The van der Waals surface area contributed by atoms with Gasteiger partial charge in [-0.25, -0.2) is 4.79 Å². The van der Waals surface area contributed by atoms with Crippen molar-refractivity contribution in [3.63, 3.8) is 0 Å². The highest BCUT2D eigenvalue weighted by Gasteiger charge is 2.22. The molecule has 0 saturated carbocycles. The van der Waals surface area contributed by atoms with Crippen LogP contribution >= 0.6 is 0 Å². The van der Waals surface area contributed by atoms with Crippen molar-refractivity contribution in [2.24, 2.45) is 17.2 Å². The summed E-state index contributed by atoms with van der Waals surface area (Å²) in [5.41, 5.74) is 15.2. The summed E-state index contributed by atoms with van der Waals surface area (Å²) < 4.78 is 0. The lowest BCUT2D eigenvalue weighted by molar-refractivity contribution is -0.143. The van der Waals surface area contributed by atoms with Crippen LogP contribution in [0, 0.1) is 0 Å². The number of carboxylic acids is 1. The van der Waals surface area contributed by atoms with Gasteiger partial charge in [-0.05, 0) is 6.42 Å². The van der Waals surface area contributed by atoms with Gasteiger partial charge in [-0.3, -0.25) is 19.2 Å². The number of primary amides is 2. The second-order valence-electron chi connectivity index (χ2n) is 4.46. The van der Waals surface area contributed by atoms with E-state index in [-0.39, 0.29) is 12.8 Å². The van der Waals surface area contributed by atoms with Gasteiger partial charge in [0.1, 0.15) is 6.04 Å². The van der Waals surface area contributed by atoms with Gasteiger partial charge in [0, 0.05) is 6.42 Å². The average Bonchev–Trinajstić information content (AvgIpc) is 2.40. The van der Waals surface area contributed by atoms with Gasteiger partial charge in [-0.1, -0.05) is 0 Å². The third-order valence-electron chi connectivity index (χ3n) is 2.50. The SMILES string of the molecule is NC(=O)CCC(N)C(=O)NCC(=O)NC(CC(N)=O)C(=O)O. The minimum atomic E-state index is -1.48. The van der Waals surface area contributed by atoms with Gasteiger partial charge < -0.3 is 32.9 Å². The zero-order chi connectivity index (χ0) is 17.3. The maximum atomic E-state index is 11.5. The molecule has 22 heavy (non-hydrogen) atoms. The lowest BCUT2D eigenvalue weighted by Gasteiger charge is -2.14. The van der Waals surface area contributed by atoms with E-state index in [0.717, 1.165) is 0 Å². The van der Waals surface area contributed by atoms with Crippen LogP contribution in [0.3, 0.4) is 0 Å². The molecule has 11 nitrogen and oxygen atoms in total. The van der Waals surface area contributed by atoms with Crippen LogP contribution in [0.4, 0.5) is 0 Å². The maximum Gasteiger partial charge on any atom is 0.326 e. The zero-order valence-electron chi connectivity index (χ0n) is 11.7. The zero-order valence-corrected chi connectivity index (χ0v) is 11.7. The van der Waals surface area contributed by atoms with E-state index < -0.39 is 54.6 Å². The maximum absolute atomic E-state index is 11.5. The molecule has 0 aromatic carbocycles. The minimum Gasteiger partial charge on any atom is -0.480 e. The molecule has 2 atom stereocenters. The van der Waals surface area contributed by atoms with Crippen molar-refractivity contribution in [3.05, 3.63) is 0 Å². The summed E-state index contributed by atoms with van der Waals surface area (Å²) in [5, 5.41) is 13.0. The first-order valence-corrected chi connectivity index (χ1v) is 6.25. The van der Waals surface area contributed by atoms with Crippen LogP contribution in [0.25, 0.3) is 0 Å². The van der Waals surface area contributed by atoms with E-state index in [0.29, 0.717) is 0 Å². The lowest BCUT2D eigenvalue weighted by Crippen LogP contribution is -2.49. The first-order chi connectivity index (χ1) is 10.1. The second-order valence-corrected chi connectivity index (χ2v) is 4.46. The number of nitrogens with one attached hydrogen (secondary N) is 2. The minimum absolute atomic E-state index is 0.0161. The summed E-state index contributed by atoms with van der Waals surface area (Å²) in [7, 11) is 0. The number of hydrogen-bond acceptors (Lipinski definition) is 6. The molecule has 0 aromatic heterocycles. The Bertz CT molecular complexity index is 466. The number of amides is 4. The molecular formula is C11H19N5O6. The Hall–Kier alpha value is -2.69. The Balaban J connectivity index is 4.25. The molecule has 0 aliphatic rings. The van der Waals surface area contributed by atoms with Crippen molar-refractivity contribution in [3.8, 4) is 0 Å². The number of nitrogens with two attached hydrogens (primary N) is 3. The van der Waals surface area contributed by atoms with Crippen LogP contribution in [-0.2, 0) is 24.0 Å². The Morgan fingerprint density at radius 3 is 2.09 bits per heavy atom. The molecule has 0 bridgehead atoms. The Morgan fingerprint density at radius 2 is 1.64 bits per heavy atom. The summed E-state index contributed by atoms with van der Waals surface area (Å²) >= 11 is 0. The van der Waals surface area contributed by atoms with E-state index in [1.54, 1.807) is 0 Å². The van der Waals surface area contributed by atoms with Crippen LogP contribution in [0.1, 0.15) is 19.3 Å². The molecule has 0 spiro atoms. The summed E-state index contributed by atoms with van der Waals surface area (Å²) in [5.74, 6) is -4.47. The molecule has 0 aromatic rings. The molecule has 0 fully saturated rings. The van der Waals surface area contributed by atoms with Gasteiger partial charge in [0.15, 0.2) is 0 Å². The number of carbonyl (C=O) groups is 5. The Kier molecular flexibility index (Phi) is 8.15. The average molecular weight is 317 g/mol. The van der Waals surface area contributed by atoms with Gasteiger partial charge >= 0.3 is 5.97 Å². The molecular weight excluding hydrogens is 298 g/mol. The normalized spacial score (nSPS) is 12.8. The predicted octanol–water partition coefficient (Wildman–Crippen LogP) is -3.86. The number of rotatable bonds is 10. The fraction of sp³-hybridized carbons (Fsp3) is 0.545. The van der Waals surface area contributed by atoms with Crippen LogP contribution in [-0.4, -0.2) is 53.3 Å². The fourth-order valence-electron chi connectivity index (χ4n) is 1.37. The van der Waals surface area contributed by atoms with Gasteiger partial charge in [0.2, 0.25) is 23.6 Å². The number of aliphatic carboxylic acids is 1. The van der Waals surface area contributed by atoms with E-state index in [2.05, 4.69) is 5.32 Å². The van der Waals surface area contributed by atoms with Crippen LogP contribution in [0.2, 0.25) is 0 Å². The van der Waals surface area contributed by atoms with Crippen molar-refractivity contribution < 1.29 is 29.1 Å². The van der Waals surface area contributed by atoms with Gasteiger partial charge in [0.05, 0.1) is 19.0 Å². The van der Waals surface area contributed by atoms with Gasteiger partial charge in [-0.15, -0.1) is 0 Å². The van der Waals surface area contributed by atoms with E-state index in [1.165, 1.54) is 0 Å². The highest BCUT2D eigenvalue weighted by atomic mass is 16.4. The van der Waals surface area contributed by atoms with E-state index in [1.807, 2.05) is 5.32 Å². The monoisotopic (exact) mass is 317 g/mol. The summed E-state index contributed by atoms with van der Waals surface area (Å²) in [4.78, 5) is 55.0. The molecule has 124 valence electrons. The Morgan fingerprint density at radius 1 is 1.05 bits per heavy atom. The third-order valence-corrected chi connectivity index (χ3v) is 2.50. The van der Waals surface area contributed by atoms with E-state index >= 15 is 0 Å². The first kappa shape index (κ1) is 19.3. The second kappa shape index (κ2) is 9.28. The molecule has 0 heterocycles. The Labute approximate surface area is 125 Å². The van der Waals surface area contributed by atoms with Gasteiger partial charge in [0.25, 0.3) is 0 Å². The van der Waals surface area contributed by atoms with E-state index in [4.69, 9.17) is 22.3 Å². The topological polar surface area (TPSA) is 208 Å². The van der Waals surface area contributed by atoms with Crippen molar-refractivity contribution in [2.45, 2.75) is 31.3 Å². The van der Waals surface area contributed by atoms with Crippen LogP contribution < -0.4 is 27.8 Å². The lowest BCUT2D eigenvalue weighted by atomic mass is 10.1. The number of carbonyl (C=O) groups excluding carboxylic acids is 4. The third kappa shape index (κ3) is 8.47. The molecule has 0 aliphatic heterocycles. The first-order valence-electron chi connectivity index (χ1n) is 6.25. The molecule has 0 radical (unpaired) electrons. The number of hydrogen-bond donors (Lipinski definition) is 6. The predicted molar refractivity (Wildman–Crippen MR) is 72.8 cm³/mol. The van der Waals surface area contributed by atoms with Crippen molar-refractivity contribution in [1.29, 1.82) is 0 Å². The quantitative estimate of drug-likeness (QED) is 0.236. The highest BCUT2D eigenvalue weighted by molar-refractivity contribution is 5.91. The highest BCUT2D eigenvalue weighted by Crippen LogP contribution is 1.94. The van der Waals surface area contributed by atoms with Crippen molar-refractivity contribution in [2.75, 3.05) is 6.54 Å². The number of carboxylic acid groups (broad SMARTS) is 1. The molecule has 2 unspecified atom stereocenters. The molecule has 11 heteroatoms. The van der Waals surface area contributed by atoms with Crippen LogP contribution in [0.15, 0.2) is 0 Å². The van der Waals surface area contributed by atoms with Gasteiger partial charge in [-0.2, -0.15) is 0 Å². The summed E-state index contributed by atoms with van der Waals surface area (Å²) in [6.45, 7) is -0.536. The van der Waals surface area contributed by atoms with Crippen LogP contribution in [0.5, 0.6) is 0 Å². The van der Waals surface area contributed by atoms with Crippen molar-refractivity contribution >= 4 is 29.6 Å².